The van der Waals surface area contributed by atoms with E-state index in [2.05, 4.69) is 10.00 Å². The topological polar surface area (TPSA) is 50.6 Å². The van der Waals surface area contributed by atoms with E-state index in [-0.39, 0.29) is 5.69 Å². The molecular formula is C14H19F3N4O2. The number of carbonyl (C=O) groups is 1. The van der Waals surface area contributed by atoms with Gasteiger partial charge in [0.25, 0.3) is 5.91 Å². The van der Waals surface area contributed by atoms with E-state index in [0.717, 1.165) is 19.1 Å². The molecule has 0 aliphatic carbocycles. The maximum absolute atomic E-state index is 12.8. The van der Waals surface area contributed by atoms with Crippen molar-refractivity contribution < 1.29 is 22.7 Å². The Kier molecular flexibility index (Phi) is 4.33. The lowest BCUT2D eigenvalue weighted by Crippen LogP contribution is -2.52. The number of rotatable bonds is 2. The standard InChI is InChI=1S/C14H19F3N4O2/c1-19-12(14(15,16)17)8-11(18-19)13(22)21-5-3-20(4-6-21)10-2-7-23-9-10/h8,10H,2-7,9H2,1H3. The van der Waals surface area contributed by atoms with Gasteiger partial charge in [-0.05, 0) is 6.42 Å². The molecule has 9 heteroatoms. The summed E-state index contributed by atoms with van der Waals surface area (Å²) in [5.41, 5.74) is -1.07. The highest BCUT2D eigenvalue weighted by Gasteiger charge is 2.37. The number of carbonyl (C=O) groups excluding carboxylic acids is 1. The third-order valence-corrected chi connectivity index (χ3v) is 4.41. The first-order chi connectivity index (χ1) is 10.9. The van der Waals surface area contributed by atoms with E-state index in [4.69, 9.17) is 4.74 Å². The van der Waals surface area contributed by atoms with Gasteiger partial charge in [0.15, 0.2) is 5.69 Å². The summed E-state index contributed by atoms with van der Waals surface area (Å²) < 4.78 is 44.4. The number of aryl methyl sites for hydroxylation is 1. The van der Waals surface area contributed by atoms with Gasteiger partial charge in [-0.25, -0.2) is 0 Å². The molecule has 128 valence electrons. The fourth-order valence-corrected chi connectivity index (χ4v) is 3.10. The van der Waals surface area contributed by atoms with Crippen molar-refractivity contribution in [1.82, 2.24) is 19.6 Å². The fraction of sp³-hybridized carbons (Fsp3) is 0.714. The second-order valence-electron chi connectivity index (χ2n) is 5.88. The van der Waals surface area contributed by atoms with Gasteiger partial charge >= 0.3 is 6.18 Å². The minimum absolute atomic E-state index is 0.155. The van der Waals surface area contributed by atoms with Crippen LogP contribution in [0.4, 0.5) is 13.2 Å². The third kappa shape index (κ3) is 3.35. The molecule has 0 saturated carbocycles. The van der Waals surface area contributed by atoms with E-state index in [1.54, 1.807) is 4.90 Å². The summed E-state index contributed by atoms with van der Waals surface area (Å²) in [6.07, 6.45) is -3.52. The highest BCUT2D eigenvalue weighted by molar-refractivity contribution is 5.92. The number of halogens is 3. The predicted octanol–water partition coefficient (Wildman–Crippen LogP) is 0.986. The van der Waals surface area contributed by atoms with Gasteiger partial charge in [0.05, 0.1) is 6.61 Å². The van der Waals surface area contributed by atoms with Crippen LogP contribution in [0.15, 0.2) is 6.07 Å². The van der Waals surface area contributed by atoms with Crippen LogP contribution in [0, 0.1) is 0 Å². The van der Waals surface area contributed by atoms with Gasteiger partial charge in [-0.2, -0.15) is 18.3 Å². The van der Waals surface area contributed by atoms with E-state index in [9.17, 15) is 18.0 Å². The molecule has 0 spiro atoms. The Morgan fingerprint density at radius 1 is 1.30 bits per heavy atom. The first-order valence-electron chi connectivity index (χ1n) is 7.58. The summed E-state index contributed by atoms with van der Waals surface area (Å²) in [7, 11) is 1.19. The Labute approximate surface area is 131 Å². The van der Waals surface area contributed by atoms with Crippen LogP contribution in [0.5, 0.6) is 0 Å². The first-order valence-corrected chi connectivity index (χ1v) is 7.58. The summed E-state index contributed by atoms with van der Waals surface area (Å²) >= 11 is 0. The van der Waals surface area contributed by atoms with Crippen molar-refractivity contribution in [2.24, 2.45) is 7.05 Å². The molecule has 0 radical (unpaired) electrons. The molecule has 1 atom stereocenters. The largest absolute Gasteiger partial charge is 0.433 e. The second-order valence-corrected chi connectivity index (χ2v) is 5.88. The molecule has 6 nitrogen and oxygen atoms in total. The van der Waals surface area contributed by atoms with Crippen molar-refractivity contribution in [2.75, 3.05) is 39.4 Å². The number of hydrogen-bond acceptors (Lipinski definition) is 4. The maximum Gasteiger partial charge on any atom is 0.433 e. The number of alkyl halides is 3. The number of piperazine rings is 1. The molecule has 2 saturated heterocycles. The van der Waals surface area contributed by atoms with Crippen LogP contribution in [0.1, 0.15) is 22.6 Å². The third-order valence-electron chi connectivity index (χ3n) is 4.41. The van der Waals surface area contributed by atoms with Crippen LogP contribution in [-0.4, -0.2) is 70.9 Å². The van der Waals surface area contributed by atoms with Crippen LogP contribution in [0.2, 0.25) is 0 Å². The van der Waals surface area contributed by atoms with E-state index in [1.807, 2.05) is 0 Å². The molecule has 2 fully saturated rings. The summed E-state index contributed by atoms with van der Waals surface area (Å²) in [5.74, 6) is -0.446. The second kappa shape index (κ2) is 6.12. The van der Waals surface area contributed by atoms with Crippen LogP contribution in [0.25, 0.3) is 0 Å². The van der Waals surface area contributed by atoms with Gasteiger partial charge in [-0.15, -0.1) is 0 Å². The lowest BCUT2D eigenvalue weighted by Gasteiger charge is -2.37. The number of aromatic nitrogens is 2. The van der Waals surface area contributed by atoms with Crippen LogP contribution in [0.3, 0.4) is 0 Å². The predicted molar refractivity (Wildman–Crippen MR) is 74.9 cm³/mol. The van der Waals surface area contributed by atoms with E-state index in [1.165, 1.54) is 7.05 Å². The SMILES string of the molecule is Cn1nc(C(=O)N2CCN(C3CCOC3)CC2)cc1C(F)(F)F. The zero-order valence-corrected chi connectivity index (χ0v) is 12.8. The highest BCUT2D eigenvalue weighted by Crippen LogP contribution is 2.29. The van der Waals surface area contributed by atoms with Crippen molar-refractivity contribution in [1.29, 1.82) is 0 Å². The van der Waals surface area contributed by atoms with Gasteiger partial charge in [-0.3, -0.25) is 14.4 Å². The zero-order valence-electron chi connectivity index (χ0n) is 12.8. The molecular weight excluding hydrogens is 313 g/mol. The number of nitrogens with zero attached hydrogens (tertiary/aromatic N) is 4. The molecule has 3 heterocycles. The van der Waals surface area contributed by atoms with Crippen molar-refractivity contribution in [2.45, 2.75) is 18.6 Å². The smallest absolute Gasteiger partial charge is 0.380 e. The number of hydrogen-bond donors (Lipinski definition) is 0. The van der Waals surface area contributed by atoms with E-state index in [0.29, 0.717) is 43.5 Å². The van der Waals surface area contributed by atoms with Gasteiger partial charge < -0.3 is 9.64 Å². The van der Waals surface area contributed by atoms with Crippen LogP contribution < -0.4 is 0 Å². The lowest BCUT2D eigenvalue weighted by molar-refractivity contribution is -0.143. The van der Waals surface area contributed by atoms with Crippen LogP contribution in [-0.2, 0) is 18.0 Å². The minimum atomic E-state index is -4.51. The summed E-state index contributed by atoms with van der Waals surface area (Å²) in [6, 6.07) is 1.21. The minimum Gasteiger partial charge on any atom is -0.380 e. The Bertz CT molecular complexity index is 573. The average Bonchev–Trinajstić information content (AvgIpc) is 3.15. The van der Waals surface area contributed by atoms with Gasteiger partial charge in [0.2, 0.25) is 0 Å². The Balaban J connectivity index is 1.63. The molecule has 1 aromatic heterocycles. The Morgan fingerprint density at radius 3 is 2.52 bits per heavy atom. The maximum atomic E-state index is 12.8. The highest BCUT2D eigenvalue weighted by atomic mass is 19.4. The number of amides is 1. The Morgan fingerprint density at radius 2 is 2.00 bits per heavy atom. The molecule has 2 aliphatic rings. The monoisotopic (exact) mass is 332 g/mol. The molecule has 23 heavy (non-hydrogen) atoms. The zero-order chi connectivity index (χ0) is 16.6. The molecule has 2 aliphatic heterocycles. The lowest BCUT2D eigenvalue weighted by atomic mass is 10.2. The number of ether oxygens (including phenoxy) is 1. The van der Waals surface area contributed by atoms with Gasteiger partial charge in [0, 0.05) is 51.9 Å². The Hall–Kier alpha value is -1.61. The molecule has 1 unspecified atom stereocenters. The molecule has 1 amide bonds. The normalized spacial score (nSPS) is 23.5. The molecule has 0 bridgehead atoms. The molecule has 0 N–H and O–H groups in total. The molecule has 0 aromatic carbocycles. The molecule has 3 rings (SSSR count). The summed E-state index contributed by atoms with van der Waals surface area (Å²) in [6.45, 7) is 3.87. The average molecular weight is 332 g/mol. The molecule has 1 aromatic rings. The summed E-state index contributed by atoms with van der Waals surface area (Å²) in [4.78, 5) is 16.2. The van der Waals surface area contributed by atoms with Crippen LogP contribution >= 0.6 is 0 Å². The van der Waals surface area contributed by atoms with E-state index < -0.39 is 17.8 Å². The van der Waals surface area contributed by atoms with Gasteiger partial charge in [-0.1, -0.05) is 0 Å². The van der Waals surface area contributed by atoms with Crippen molar-refractivity contribution >= 4 is 5.91 Å². The van der Waals surface area contributed by atoms with Crippen molar-refractivity contribution in [3.8, 4) is 0 Å². The fourth-order valence-electron chi connectivity index (χ4n) is 3.10. The first kappa shape index (κ1) is 16.3. The van der Waals surface area contributed by atoms with Gasteiger partial charge in [0.1, 0.15) is 5.69 Å². The van der Waals surface area contributed by atoms with E-state index >= 15 is 0 Å². The summed E-state index contributed by atoms with van der Waals surface area (Å²) in [5, 5.41) is 3.72. The quantitative estimate of drug-likeness (QED) is 0.810. The van der Waals surface area contributed by atoms with Crippen molar-refractivity contribution in [3.05, 3.63) is 17.5 Å². The van der Waals surface area contributed by atoms with Crippen molar-refractivity contribution in [3.63, 3.8) is 0 Å².